The van der Waals surface area contributed by atoms with Gasteiger partial charge in [0.1, 0.15) is 5.60 Å². The molecule has 0 spiro atoms. The normalized spacial score (nSPS) is 18.2. The monoisotopic (exact) mass is 343 g/mol. The summed E-state index contributed by atoms with van der Waals surface area (Å²) in [6, 6.07) is -0.0343. The van der Waals surface area contributed by atoms with Crippen LogP contribution in [0, 0.1) is 11.3 Å². The summed E-state index contributed by atoms with van der Waals surface area (Å²) >= 11 is 0. The number of ether oxygens (including phenoxy) is 2. The van der Waals surface area contributed by atoms with E-state index >= 15 is 0 Å². The molecule has 1 N–H and O–H groups in total. The van der Waals surface area contributed by atoms with Crippen LogP contribution in [0.25, 0.3) is 0 Å². The Morgan fingerprint density at radius 2 is 1.75 bits per heavy atom. The van der Waals surface area contributed by atoms with Crippen LogP contribution in [-0.4, -0.2) is 52.8 Å². The van der Waals surface area contributed by atoms with E-state index in [1.54, 1.807) is 27.7 Å². The minimum absolute atomic E-state index is 0.0343. The highest BCUT2D eigenvalue weighted by molar-refractivity contribution is 5.84. The average molecular weight is 343 g/mol. The molecule has 24 heavy (non-hydrogen) atoms. The van der Waals surface area contributed by atoms with E-state index in [0.29, 0.717) is 0 Å². The number of nitrogens with zero attached hydrogens (tertiary/aromatic N) is 1. The molecule has 0 aromatic heterocycles. The van der Waals surface area contributed by atoms with Crippen LogP contribution in [0.4, 0.5) is 4.79 Å². The van der Waals surface area contributed by atoms with Gasteiger partial charge in [-0.15, -0.1) is 0 Å². The summed E-state index contributed by atoms with van der Waals surface area (Å²) in [6.07, 6.45) is 1.07. The van der Waals surface area contributed by atoms with Crippen LogP contribution >= 0.6 is 0 Å². The maximum Gasteiger partial charge on any atom is 0.410 e. The van der Waals surface area contributed by atoms with Gasteiger partial charge in [-0.25, -0.2) is 4.79 Å². The average Bonchev–Trinajstić information content (AvgIpc) is 3.26. The van der Waals surface area contributed by atoms with Crippen molar-refractivity contribution in [2.45, 2.75) is 66.0 Å². The molecule has 0 saturated heterocycles. The van der Waals surface area contributed by atoms with Crippen LogP contribution in [0.5, 0.6) is 0 Å². The Morgan fingerprint density at radius 3 is 2.12 bits per heavy atom. The second kappa shape index (κ2) is 7.40. The lowest BCUT2D eigenvalue weighted by molar-refractivity contribution is -0.164. The number of rotatable bonds is 7. The van der Waals surface area contributed by atoms with Gasteiger partial charge in [-0.3, -0.25) is 9.59 Å². The number of carboxylic acids is 1. The lowest BCUT2D eigenvalue weighted by atomic mass is 9.77. The van der Waals surface area contributed by atoms with Crippen LogP contribution in [-0.2, 0) is 19.1 Å². The summed E-state index contributed by atoms with van der Waals surface area (Å²) in [5.74, 6) is -2.61. The maximum absolute atomic E-state index is 12.5. The zero-order valence-electron chi connectivity index (χ0n) is 15.4. The summed E-state index contributed by atoms with van der Waals surface area (Å²) in [7, 11) is 0. The van der Waals surface area contributed by atoms with E-state index < -0.39 is 35.0 Å². The molecule has 0 aliphatic heterocycles. The van der Waals surface area contributed by atoms with E-state index in [2.05, 4.69) is 0 Å². The Kier molecular flexibility index (Phi) is 6.25. The number of carbonyl (C=O) groups is 3. The van der Waals surface area contributed by atoms with E-state index in [1.807, 2.05) is 0 Å². The Bertz CT molecular complexity index is 494. The van der Waals surface area contributed by atoms with Crippen LogP contribution in [0.3, 0.4) is 0 Å². The maximum atomic E-state index is 12.5. The summed E-state index contributed by atoms with van der Waals surface area (Å²) in [5.41, 5.74) is -2.12. The van der Waals surface area contributed by atoms with Crippen molar-refractivity contribution in [3.05, 3.63) is 0 Å². The molecule has 0 heterocycles. The Morgan fingerprint density at radius 1 is 1.21 bits per heavy atom. The molecular weight excluding hydrogens is 314 g/mol. The van der Waals surface area contributed by atoms with Gasteiger partial charge in [-0.1, -0.05) is 6.92 Å². The van der Waals surface area contributed by atoms with Gasteiger partial charge in [0.2, 0.25) is 0 Å². The lowest BCUT2D eigenvalue weighted by Crippen LogP contribution is -2.51. The molecule has 2 atom stereocenters. The largest absolute Gasteiger partial charge is 0.481 e. The molecule has 0 aromatic rings. The second-order valence-corrected chi connectivity index (χ2v) is 7.54. The third-order valence-corrected chi connectivity index (χ3v) is 4.20. The highest BCUT2D eigenvalue weighted by atomic mass is 16.6. The minimum atomic E-state index is -1.45. The molecule has 138 valence electrons. The number of amides is 1. The zero-order chi connectivity index (χ0) is 18.7. The standard InChI is InChI=1S/C17H29NO6/c1-7-23-13(19)11(2)17(6,14(20)21)10-18(12-8-9-12)15(22)24-16(3,4)5/h11-12H,7-10H2,1-6H3,(H,20,21). The number of carbonyl (C=O) groups excluding carboxylic acids is 2. The fourth-order valence-corrected chi connectivity index (χ4v) is 2.32. The summed E-state index contributed by atoms with van der Waals surface area (Å²) in [4.78, 5) is 37.8. The van der Waals surface area contributed by atoms with Crippen LogP contribution in [0.1, 0.15) is 54.4 Å². The molecule has 2 unspecified atom stereocenters. The highest BCUT2D eigenvalue weighted by Crippen LogP contribution is 2.36. The fourth-order valence-electron chi connectivity index (χ4n) is 2.32. The van der Waals surface area contributed by atoms with Crippen molar-refractivity contribution in [1.29, 1.82) is 0 Å². The molecule has 1 fully saturated rings. The third-order valence-electron chi connectivity index (χ3n) is 4.20. The van der Waals surface area contributed by atoms with E-state index in [0.717, 1.165) is 12.8 Å². The number of hydrogen-bond donors (Lipinski definition) is 1. The van der Waals surface area contributed by atoms with Crippen molar-refractivity contribution in [3.8, 4) is 0 Å². The SMILES string of the molecule is CCOC(=O)C(C)C(C)(CN(C(=O)OC(C)(C)C)C1CC1)C(=O)O. The van der Waals surface area contributed by atoms with E-state index in [-0.39, 0.29) is 19.2 Å². The molecule has 1 amide bonds. The smallest absolute Gasteiger partial charge is 0.410 e. The van der Waals surface area contributed by atoms with Crippen molar-refractivity contribution < 1.29 is 29.0 Å². The first-order valence-corrected chi connectivity index (χ1v) is 8.32. The van der Waals surface area contributed by atoms with Crippen LogP contribution in [0.2, 0.25) is 0 Å². The molecule has 1 rings (SSSR count). The van der Waals surface area contributed by atoms with Crippen LogP contribution in [0.15, 0.2) is 0 Å². The van der Waals surface area contributed by atoms with Gasteiger partial charge in [0.15, 0.2) is 0 Å². The minimum Gasteiger partial charge on any atom is -0.481 e. The predicted molar refractivity (Wildman–Crippen MR) is 87.5 cm³/mol. The Hall–Kier alpha value is -1.79. The van der Waals surface area contributed by atoms with E-state index in [4.69, 9.17) is 9.47 Å². The zero-order valence-corrected chi connectivity index (χ0v) is 15.4. The summed E-state index contributed by atoms with van der Waals surface area (Å²) in [5, 5.41) is 9.70. The van der Waals surface area contributed by atoms with Crippen LogP contribution < -0.4 is 0 Å². The molecule has 7 nitrogen and oxygen atoms in total. The number of carboxylic acid groups (broad SMARTS) is 1. The molecule has 1 aliphatic carbocycles. The second-order valence-electron chi connectivity index (χ2n) is 7.54. The Balaban J connectivity index is 3.00. The first-order valence-electron chi connectivity index (χ1n) is 8.32. The molecule has 7 heteroatoms. The van der Waals surface area contributed by atoms with E-state index in [9.17, 15) is 19.5 Å². The van der Waals surface area contributed by atoms with Crippen molar-refractivity contribution >= 4 is 18.0 Å². The number of aliphatic carboxylic acids is 1. The van der Waals surface area contributed by atoms with E-state index in [1.165, 1.54) is 18.7 Å². The summed E-state index contributed by atoms with van der Waals surface area (Å²) in [6.45, 7) is 10.0. The van der Waals surface area contributed by atoms with Crippen molar-refractivity contribution in [3.63, 3.8) is 0 Å². The fraction of sp³-hybridized carbons (Fsp3) is 0.824. The number of esters is 1. The third kappa shape index (κ3) is 5.11. The van der Waals surface area contributed by atoms with Gasteiger partial charge < -0.3 is 19.5 Å². The van der Waals surface area contributed by atoms with Gasteiger partial charge in [0.05, 0.1) is 17.9 Å². The van der Waals surface area contributed by atoms with Gasteiger partial charge in [0, 0.05) is 12.6 Å². The molecule has 0 aromatic carbocycles. The van der Waals surface area contributed by atoms with Gasteiger partial charge in [-0.2, -0.15) is 0 Å². The van der Waals surface area contributed by atoms with Crippen molar-refractivity contribution in [2.75, 3.05) is 13.2 Å². The number of hydrogen-bond acceptors (Lipinski definition) is 5. The molecule has 1 saturated carbocycles. The molecular formula is C17H29NO6. The molecule has 1 aliphatic rings. The van der Waals surface area contributed by atoms with Gasteiger partial charge >= 0.3 is 18.0 Å². The van der Waals surface area contributed by atoms with Gasteiger partial charge in [0.25, 0.3) is 0 Å². The Labute approximate surface area is 143 Å². The predicted octanol–water partition coefficient (Wildman–Crippen LogP) is 2.68. The van der Waals surface area contributed by atoms with Crippen molar-refractivity contribution in [2.24, 2.45) is 11.3 Å². The van der Waals surface area contributed by atoms with Gasteiger partial charge in [-0.05, 0) is 47.5 Å². The molecule has 0 radical (unpaired) electrons. The molecule has 0 bridgehead atoms. The van der Waals surface area contributed by atoms with Crippen molar-refractivity contribution in [1.82, 2.24) is 4.90 Å². The first kappa shape index (κ1) is 20.3. The quantitative estimate of drug-likeness (QED) is 0.714. The topological polar surface area (TPSA) is 93.1 Å². The summed E-state index contributed by atoms with van der Waals surface area (Å²) < 4.78 is 10.4. The highest BCUT2D eigenvalue weighted by Gasteiger charge is 2.48. The first-order chi connectivity index (χ1) is 10.9. The lowest BCUT2D eigenvalue weighted by Gasteiger charge is -2.36.